The Labute approximate surface area is 213 Å². The average Bonchev–Trinajstić information content (AvgIpc) is 3.17. The molecule has 1 saturated carbocycles. The van der Waals surface area contributed by atoms with Gasteiger partial charge in [-0.15, -0.1) is 0 Å². The van der Waals surface area contributed by atoms with Crippen molar-refractivity contribution < 1.29 is 29.0 Å². The molecule has 8 nitrogen and oxygen atoms in total. The second-order valence-electron chi connectivity index (χ2n) is 11.2. The lowest BCUT2D eigenvalue weighted by Gasteiger charge is -2.43. The van der Waals surface area contributed by atoms with E-state index in [0.717, 1.165) is 32.1 Å². The minimum Gasteiger partial charge on any atom is -0.461 e. The standard InChI is InChI=1S/C28H40N2O6/c1-4-18(3)20(17-31)30-23-25(33)29(19-11-7-6-8-12-19)15-9-14-28(23)21(24(30)32)22-26(34)35-16-10-13-27(22,5-2)36-28/h9-10,13-14,18-23,31H,4-8,11-12,15-17H2,1-3H3/t18-,20-,21-,22+,23?,27-,28-/m0/s1. The summed E-state index contributed by atoms with van der Waals surface area (Å²) in [5.74, 6) is -2.66. The fourth-order valence-corrected chi connectivity index (χ4v) is 7.45. The summed E-state index contributed by atoms with van der Waals surface area (Å²) in [4.78, 5) is 45.7. The molecule has 0 aromatic heterocycles. The molecule has 2 saturated heterocycles. The number of nitrogens with zero attached hydrogens (tertiary/aromatic N) is 2. The molecule has 36 heavy (non-hydrogen) atoms. The summed E-state index contributed by atoms with van der Waals surface area (Å²) in [5.41, 5.74) is -2.31. The second-order valence-corrected chi connectivity index (χ2v) is 11.2. The van der Waals surface area contributed by atoms with E-state index in [4.69, 9.17) is 9.47 Å². The first-order valence-electron chi connectivity index (χ1n) is 13.8. The van der Waals surface area contributed by atoms with Gasteiger partial charge in [0.15, 0.2) is 0 Å². The Kier molecular flexibility index (Phi) is 6.79. The number of likely N-dealkylation sites (tertiary alicyclic amines) is 1. The maximum absolute atomic E-state index is 14.5. The third-order valence-electron chi connectivity index (χ3n) is 9.53. The topological polar surface area (TPSA) is 96.4 Å². The van der Waals surface area contributed by atoms with Gasteiger partial charge >= 0.3 is 5.97 Å². The van der Waals surface area contributed by atoms with E-state index in [2.05, 4.69) is 0 Å². The smallest absolute Gasteiger partial charge is 0.313 e. The number of esters is 1. The Morgan fingerprint density at radius 1 is 1.06 bits per heavy atom. The molecule has 4 aliphatic heterocycles. The molecule has 4 heterocycles. The third-order valence-corrected chi connectivity index (χ3v) is 9.53. The molecule has 0 aromatic rings. The van der Waals surface area contributed by atoms with Gasteiger partial charge in [-0.1, -0.05) is 64.7 Å². The molecule has 1 unspecified atom stereocenters. The van der Waals surface area contributed by atoms with Crippen LogP contribution in [0.25, 0.3) is 0 Å². The quantitative estimate of drug-likeness (QED) is 0.445. The number of aliphatic hydroxyl groups is 1. The maximum atomic E-state index is 14.5. The van der Waals surface area contributed by atoms with Gasteiger partial charge in [0.1, 0.15) is 29.8 Å². The minimum absolute atomic E-state index is 0.0325. The van der Waals surface area contributed by atoms with Gasteiger partial charge in [-0.25, -0.2) is 0 Å². The number of fused-ring (bicyclic) bond motifs is 2. The van der Waals surface area contributed by atoms with Crippen molar-refractivity contribution >= 4 is 17.8 Å². The minimum atomic E-state index is -1.29. The lowest BCUT2D eigenvalue weighted by Crippen LogP contribution is -2.61. The fraction of sp³-hybridized carbons (Fsp3) is 0.750. The van der Waals surface area contributed by atoms with Crippen molar-refractivity contribution in [1.29, 1.82) is 0 Å². The Bertz CT molecular complexity index is 958. The molecule has 1 aliphatic carbocycles. The van der Waals surface area contributed by atoms with Crippen LogP contribution < -0.4 is 0 Å². The zero-order chi connectivity index (χ0) is 25.7. The second kappa shape index (κ2) is 9.60. The van der Waals surface area contributed by atoms with Crippen LogP contribution in [0, 0.1) is 17.8 Å². The molecule has 198 valence electrons. The first-order valence-corrected chi connectivity index (χ1v) is 13.8. The van der Waals surface area contributed by atoms with E-state index in [-0.39, 0.29) is 37.0 Å². The van der Waals surface area contributed by atoms with Crippen molar-refractivity contribution in [1.82, 2.24) is 9.80 Å². The van der Waals surface area contributed by atoms with Crippen molar-refractivity contribution in [2.75, 3.05) is 19.8 Å². The van der Waals surface area contributed by atoms with Gasteiger partial charge in [-0.3, -0.25) is 14.4 Å². The summed E-state index contributed by atoms with van der Waals surface area (Å²) >= 11 is 0. The number of amides is 2. The first-order chi connectivity index (χ1) is 17.3. The van der Waals surface area contributed by atoms with Crippen molar-refractivity contribution in [3.05, 3.63) is 24.3 Å². The third kappa shape index (κ3) is 3.58. The molecule has 1 N–H and O–H groups in total. The van der Waals surface area contributed by atoms with Crippen LogP contribution in [0.15, 0.2) is 24.3 Å². The van der Waals surface area contributed by atoms with Crippen LogP contribution in [0.1, 0.15) is 65.7 Å². The van der Waals surface area contributed by atoms with Gasteiger partial charge in [-0.2, -0.15) is 0 Å². The normalized spacial score (nSPS) is 38.2. The van der Waals surface area contributed by atoms with Gasteiger partial charge < -0.3 is 24.4 Å². The Morgan fingerprint density at radius 2 is 1.81 bits per heavy atom. The maximum Gasteiger partial charge on any atom is 0.313 e. The van der Waals surface area contributed by atoms with Gasteiger partial charge in [0.2, 0.25) is 11.8 Å². The fourth-order valence-electron chi connectivity index (χ4n) is 7.45. The highest BCUT2D eigenvalue weighted by molar-refractivity contribution is 5.99. The van der Waals surface area contributed by atoms with Gasteiger partial charge in [-0.05, 0) is 31.3 Å². The molecule has 1 spiro atoms. The monoisotopic (exact) mass is 500 g/mol. The van der Waals surface area contributed by atoms with Crippen molar-refractivity contribution in [3.63, 3.8) is 0 Å². The van der Waals surface area contributed by atoms with Crippen LogP contribution >= 0.6 is 0 Å². The largest absolute Gasteiger partial charge is 0.461 e. The number of carbonyl (C=O) groups is 3. The molecule has 3 fully saturated rings. The highest BCUT2D eigenvalue weighted by atomic mass is 16.6. The number of aliphatic hydroxyl groups excluding tert-OH is 1. The predicted octanol–water partition coefficient (Wildman–Crippen LogP) is 2.60. The number of hydrogen-bond acceptors (Lipinski definition) is 6. The van der Waals surface area contributed by atoms with E-state index in [0.29, 0.717) is 13.0 Å². The van der Waals surface area contributed by atoms with Crippen LogP contribution in [0.4, 0.5) is 0 Å². The molecule has 2 amide bonds. The Balaban J connectivity index is 1.66. The van der Waals surface area contributed by atoms with Gasteiger partial charge in [0.25, 0.3) is 0 Å². The van der Waals surface area contributed by atoms with E-state index in [1.807, 2.05) is 43.9 Å². The summed E-state index contributed by atoms with van der Waals surface area (Å²) in [6, 6.07) is -1.36. The Morgan fingerprint density at radius 3 is 2.47 bits per heavy atom. The lowest BCUT2D eigenvalue weighted by atomic mass is 9.73. The molecule has 8 heteroatoms. The van der Waals surface area contributed by atoms with Crippen LogP contribution in [0.3, 0.4) is 0 Å². The predicted molar refractivity (Wildman–Crippen MR) is 133 cm³/mol. The highest BCUT2D eigenvalue weighted by Gasteiger charge is 2.76. The molecule has 0 radical (unpaired) electrons. The molecule has 0 aromatic carbocycles. The zero-order valence-corrected chi connectivity index (χ0v) is 21.7. The molecule has 5 aliphatic rings. The number of ether oxygens (including phenoxy) is 2. The van der Waals surface area contributed by atoms with Gasteiger partial charge in [0.05, 0.1) is 18.6 Å². The summed E-state index contributed by atoms with van der Waals surface area (Å²) in [6.45, 7) is 6.28. The summed E-state index contributed by atoms with van der Waals surface area (Å²) in [6.07, 6.45) is 13.9. The summed E-state index contributed by atoms with van der Waals surface area (Å²) in [5, 5.41) is 10.5. The number of rotatable bonds is 6. The molecular formula is C28H40N2O6. The Hall–Kier alpha value is -2.19. The van der Waals surface area contributed by atoms with E-state index >= 15 is 0 Å². The lowest BCUT2D eigenvalue weighted by molar-refractivity contribution is -0.163. The van der Waals surface area contributed by atoms with Crippen molar-refractivity contribution in [2.24, 2.45) is 17.8 Å². The summed E-state index contributed by atoms with van der Waals surface area (Å²) in [7, 11) is 0. The van der Waals surface area contributed by atoms with Gasteiger partial charge in [0, 0.05) is 12.6 Å². The summed E-state index contributed by atoms with van der Waals surface area (Å²) < 4.78 is 12.4. The van der Waals surface area contributed by atoms with E-state index in [9.17, 15) is 19.5 Å². The molecule has 0 bridgehead atoms. The number of carbonyl (C=O) groups excluding carboxylic acids is 3. The number of cyclic esters (lactones) is 1. The van der Waals surface area contributed by atoms with Crippen LogP contribution in [0.5, 0.6) is 0 Å². The molecular weight excluding hydrogens is 460 g/mol. The average molecular weight is 501 g/mol. The highest BCUT2D eigenvalue weighted by Crippen LogP contribution is 2.59. The van der Waals surface area contributed by atoms with Crippen molar-refractivity contribution in [2.45, 2.75) is 95.0 Å². The van der Waals surface area contributed by atoms with Crippen LogP contribution in [-0.4, -0.2) is 81.8 Å². The van der Waals surface area contributed by atoms with Crippen LogP contribution in [-0.2, 0) is 23.9 Å². The number of hydrogen-bond donors (Lipinski definition) is 1. The SMILES string of the molecule is CC[C@H](C)[C@H](CO)N1C(=O)[C@@H]2[C@@H]3C(=O)OCC=C[C@]3(CC)O[C@@]23C=CCN(C2CCCCC2)C(=O)C13. The molecule has 5 rings (SSSR count). The van der Waals surface area contributed by atoms with Crippen molar-refractivity contribution in [3.8, 4) is 0 Å². The van der Waals surface area contributed by atoms with Crippen LogP contribution in [0.2, 0.25) is 0 Å². The van der Waals surface area contributed by atoms with E-state index in [1.54, 1.807) is 11.0 Å². The zero-order valence-electron chi connectivity index (χ0n) is 21.7. The molecule has 7 atom stereocenters. The van der Waals surface area contributed by atoms with E-state index < -0.39 is 41.1 Å². The van der Waals surface area contributed by atoms with E-state index in [1.165, 1.54) is 6.42 Å². The first kappa shape index (κ1) is 25.5.